The Labute approximate surface area is 203 Å². The molecule has 0 atom stereocenters. The van der Waals surface area contributed by atoms with Crippen LogP contribution in [-0.2, 0) is 16.1 Å². The molecular weight excluding hydrogens is 450 g/mol. The molecule has 4 rings (SSSR count). The minimum Gasteiger partial charge on any atom is -0.394 e. The summed E-state index contributed by atoms with van der Waals surface area (Å²) in [7, 11) is 0. The van der Waals surface area contributed by atoms with Crippen LogP contribution in [0.4, 0.5) is 17.6 Å². The molecule has 3 aromatic rings. The summed E-state index contributed by atoms with van der Waals surface area (Å²) < 4.78 is 6.98. The molecule has 1 aromatic carbocycles. The van der Waals surface area contributed by atoms with Crippen LogP contribution in [0.25, 0.3) is 5.65 Å². The van der Waals surface area contributed by atoms with Gasteiger partial charge in [0.15, 0.2) is 5.65 Å². The molecule has 0 aliphatic carbocycles. The molecule has 1 fully saturated rings. The second-order valence-electron chi connectivity index (χ2n) is 8.99. The summed E-state index contributed by atoms with van der Waals surface area (Å²) in [6.07, 6.45) is 3.28. The summed E-state index contributed by atoms with van der Waals surface area (Å²) in [6, 6.07) is 7.09. The number of fused-ring (bicyclic) bond motifs is 1. The molecule has 0 spiro atoms. The molecule has 0 radical (unpaired) electrons. The Morgan fingerprint density at radius 1 is 1.14 bits per heavy atom. The number of amides is 1. The molecule has 1 saturated heterocycles. The molecule has 11 nitrogen and oxygen atoms in total. The minimum absolute atomic E-state index is 0.00543. The lowest BCUT2D eigenvalue weighted by molar-refractivity contribution is -0.122. The predicted molar refractivity (Wildman–Crippen MR) is 132 cm³/mol. The van der Waals surface area contributed by atoms with E-state index in [1.54, 1.807) is 10.7 Å². The number of carbonyl (C=O) groups is 1. The van der Waals surface area contributed by atoms with Gasteiger partial charge in [0.25, 0.3) is 0 Å². The Morgan fingerprint density at radius 2 is 1.86 bits per heavy atom. The van der Waals surface area contributed by atoms with Gasteiger partial charge in [0.1, 0.15) is 0 Å². The van der Waals surface area contributed by atoms with Crippen molar-refractivity contribution < 1.29 is 19.7 Å². The normalized spacial score (nSPS) is 14.6. The van der Waals surface area contributed by atoms with Gasteiger partial charge in [0.2, 0.25) is 17.8 Å². The predicted octanol–water partition coefficient (Wildman–Crippen LogP) is 1.99. The highest BCUT2D eigenvalue weighted by Crippen LogP contribution is 2.23. The number of nitrogens with zero attached hydrogens (tertiary/aromatic N) is 4. The highest BCUT2D eigenvalue weighted by Gasteiger charge is 2.21. The van der Waals surface area contributed by atoms with Crippen LogP contribution in [0.15, 0.2) is 30.5 Å². The molecule has 188 valence electrons. The number of rotatable bonds is 10. The van der Waals surface area contributed by atoms with E-state index in [1.807, 2.05) is 24.3 Å². The number of nitrogens with one attached hydrogen (secondary N) is 3. The Bertz CT molecular complexity index is 1120. The molecular formula is C24H33N7O4. The number of ether oxygens (including phenoxy) is 1. The first-order valence-electron chi connectivity index (χ1n) is 11.9. The van der Waals surface area contributed by atoms with E-state index in [9.17, 15) is 15.0 Å². The van der Waals surface area contributed by atoms with Crippen LogP contribution in [0.2, 0.25) is 0 Å². The fourth-order valence-corrected chi connectivity index (χ4v) is 3.90. The van der Waals surface area contributed by atoms with Gasteiger partial charge < -0.3 is 30.9 Å². The zero-order valence-corrected chi connectivity index (χ0v) is 20.1. The van der Waals surface area contributed by atoms with Crippen molar-refractivity contribution in [2.24, 2.45) is 5.92 Å². The Hall–Kier alpha value is -3.28. The lowest BCUT2D eigenvalue weighted by Gasteiger charge is -2.21. The number of aromatic nitrogens is 4. The minimum atomic E-state index is -0.570. The van der Waals surface area contributed by atoms with E-state index in [1.165, 1.54) is 0 Å². The van der Waals surface area contributed by atoms with Crippen molar-refractivity contribution >= 4 is 29.1 Å². The Kier molecular flexibility index (Phi) is 8.11. The summed E-state index contributed by atoms with van der Waals surface area (Å²) in [4.78, 5) is 21.5. The zero-order chi connectivity index (χ0) is 24.8. The fourth-order valence-electron chi connectivity index (χ4n) is 3.90. The maximum absolute atomic E-state index is 12.4. The SMILES string of the molecule is CC(C)c1cnn2c(NCc3ccc(NC(=O)C4CCOCC4)cc3)nc(NC(CO)CO)nc12. The lowest BCUT2D eigenvalue weighted by atomic mass is 9.99. The first kappa shape index (κ1) is 24.8. The molecule has 1 aliphatic heterocycles. The van der Waals surface area contributed by atoms with Crippen LogP contribution in [0.1, 0.15) is 43.7 Å². The van der Waals surface area contributed by atoms with Crippen molar-refractivity contribution in [2.75, 3.05) is 42.4 Å². The molecule has 0 saturated carbocycles. The van der Waals surface area contributed by atoms with Crippen LogP contribution in [0.5, 0.6) is 0 Å². The standard InChI is InChI=1S/C24H33N7O4/c1-15(2)20-12-26-31-21(20)29-23(28-19(13-32)14-33)30-24(31)25-11-16-3-5-18(6-4-16)27-22(34)17-7-9-35-10-8-17/h3-6,12,15,17,19,32-33H,7-11,13-14H2,1-2H3,(H,27,34)(H2,25,28,29,30). The lowest BCUT2D eigenvalue weighted by Crippen LogP contribution is -2.29. The first-order valence-corrected chi connectivity index (χ1v) is 11.9. The van der Waals surface area contributed by atoms with Crippen LogP contribution >= 0.6 is 0 Å². The number of aliphatic hydroxyl groups excluding tert-OH is 2. The maximum atomic E-state index is 12.4. The summed E-state index contributed by atoms with van der Waals surface area (Å²) in [5, 5.41) is 32.6. The molecule has 3 heterocycles. The van der Waals surface area contributed by atoms with Crippen LogP contribution in [0, 0.1) is 5.92 Å². The average molecular weight is 484 g/mol. The highest BCUT2D eigenvalue weighted by molar-refractivity contribution is 5.92. The topological polar surface area (TPSA) is 146 Å². The van der Waals surface area contributed by atoms with Crippen molar-refractivity contribution in [3.8, 4) is 0 Å². The molecule has 0 bridgehead atoms. The van der Waals surface area contributed by atoms with Gasteiger partial charge in [-0.3, -0.25) is 4.79 Å². The second kappa shape index (κ2) is 11.4. The third-order valence-electron chi connectivity index (χ3n) is 6.06. The van der Waals surface area contributed by atoms with Crippen molar-refractivity contribution in [3.05, 3.63) is 41.6 Å². The van der Waals surface area contributed by atoms with E-state index in [0.29, 0.717) is 37.3 Å². The van der Waals surface area contributed by atoms with Gasteiger partial charge >= 0.3 is 0 Å². The molecule has 1 aliphatic rings. The third kappa shape index (κ3) is 6.05. The van der Waals surface area contributed by atoms with Gasteiger partial charge in [0.05, 0.1) is 25.5 Å². The highest BCUT2D eigenvalue weighted by atomic mass is 16.5. The van der Waals surface area contributed by atoms with Crippen molar-refractivity contribution in [2.45, 2.75) is 45.2 Å². The smallest absolute Gasteiger partial charge is 0.229 e. The number of carbonyl (C=O) groups excluding carboxylic acids is 1. The zero-order valence-electron chi connectivity index (χ0n) is 20.1. The van der Waals surface area contributed by atoms with E-state index < -0.39 is 6.04 Å². The molecule has 0 unspecified atom stereocenters. The number of benzene rings is 1. The van der Waals surface area contributed by atoms with Crippen LogP contribution < -0.4 is 16.0 Å². The van der Waals surface area contributed by atoms with Gasteiger partial charge in [-0.2, -0.15) is 19.6 Å². The van der Waals surface area contributed by atoms with Gasteiger partial charge in [0, 0.05) is 36.9 Å². The van der Waals surface area contributed by atoms with Crippen molar-refractivity contribution in [1.82, 2.24) is 19.6 Å². The molecule has 11 heteroatoms. The first-order chi connectivity index (χ1) is 17.0. The van der Waals surface area contributed by atoms with E-state index >= 15 is 0 Å². The molecule has 5 N–H and O–H groups in total. The van der Waals surface area contributed by atoms with Gasteiger partial charge in [-0.25, -0.2) is 0 Å². The van der Waals surface area contributed by atoms with Crippen molar-refractivity contribution in [3.63, 3.8) is 0 Å². The van der Waals surface area contributed by atoms with Gasteiger partial charge in [-0.15, -0.1) is 0 Å². The number of hydrogen-bond acceptors (Lipinski definition) is 9. The molecule has 35 heavy (non-hydrogen) atoms. The summed E-state index contributed by atoms with van der Waals surface area (Å²) in [5.41, 5.74) is 3.37. The third-order valence-corrected chi connectivity index (χ3v) is 6.06. The Balaban J connectivity index is 1.47. The maximum Gasteiger partial charge on any atom is 0.229 e. The number of hydrogen-bond donors (Lipinski definition) is 5. The Morgan fingerprint density at radius 3 is 2.51 bits per heavy atom. The van der Waals surface area contributed by atoms with Crippen molar-refractivity contribution in [1.29, 1.82) is 0 Å². The van der Waals surface area contributed by atoms with Crippen LogP contribution in [0.3, 0.4) is 0 Å². The van der Waals surface area contributed by atoms with Gasteiger partial charge in [-0.1, -0.05) is 26.0 Å². The molecule has 1 amide bonds. The van der Waals surface area contributed by atoms with E-state index in [-0.39, 0.29) is 31.0 Å². The summed E-state index contributed by atoms with van der Waals surface area (Å²) in [5.74, 6) is 1.01. The van der Waals surface area contributed by atoms with Crippen LogP contribution in [-0.4, -0.2) is 68.2 Å². The van der Waals surface area contributed by atoms with Gasteiger partial charge in [-0.05, 0) is 36.5 Å². The average Bonchev–Trinajstić information content (AvgIpc) is 3.31. The largest absolute Gasteiger partial charge is 0.394 e. The summed E-state index contributed by atoms with van der Waals surface area (Å²) >= 11 is 0. The summed E-state index contributed by atoms with van der Waals surface area (Å²) in [6.45, 7) is 5.36. The van der Waals surface area contributed by atoms with E-state index in [4.69, 9.17) is 4.74 Å². The number of anilines is 3. The van der Waals surface area contributed by atoms with E-state index in [2.05, 4.69) is 44.9 Å². The molecule has 2 aromatic heterocycles. The fraction of sp³-hybridized carbons (Fsp3) is 0.500. The quantitative estimate of drug-likeness (QED) is 0.292. The monoisotopic (exact) mass is 483 g/mol. The van der Waals surface area contributed by atoms with E-state index in [0.717, 1.165) is 29.7 Å². The number of aliphatic hydroxyl groups is 2. The second-order valence-corrected chi connectivity index (χ2v) is 8.99.